The molecule has 2 amide bonds. The number of nitrogens with one attached hydrogen (secondary N) is 1. The zero-order valence-corrected chi connectivity index (χ0v) is 16.5. The van der Waals surface area contributed by atoms with Gasteiger partial charge in [-0.25, -0.2) is 9.78 Å². The van der Waals surface area contributed by atoms with Crippen molar-refractivity contribution in [3.05, 3.63) is 46.0 Å². The Labute approximate surface area is 163 Å². The summed E-state index contributed by atoms with van der Waals surface area (Å²) in [7, 11) is 0. The smallest absolute Gasteiger partial charge is 0.323 e. The van der Waals surface area contributed by atoms with Gasteiger partial charge < -0.3 is 9.64 Å². The van der Waals surface area contributed by atoms with Crippen LogP contribution in [0.5, 0.6) is 0 Å². The quantitative estimate of drug-likeness (QED) is 0.811. The van der Waals surface area contributed by atoms with Crippen LogP contribution in [0.1, 0.15) is 41.5 Å². The predicted molar refractivity (Wildman–Crippen MR) is 106 cm³/mol. The molecule has 1 fully saturated rings. The Hall–Kier alpha value is -1.92. The summed E-state index contributed by atoms with van der Waals surface area (Å²) in [6.45, 7) is 4.09. The fourth-order valence-corrected chi connectivity index (χ4v) is 5.85. The van der Waals surface area contributed by atoms with Crippen molar-refractivity contribution in [1.82, 2.24) is 9.88 Å². The zero-order valence-electron chi connectivity index (χ0n) is 15.7. The summed E-state index contributed by atoms with van der Waals surface area (Å²) < 4.78 is 6.23. The normalized spacial score (nSPS) is 26.7. The summed E-state index contributed by atoms with van der Waals surface area (Å²) in [5, 5.41) is 3.79. The number of aromatic nitrogens is 1. The number of anilines is 1. The number of thiazole rings is 1. The second-order valence-electron chi connectivity index (χ2n) is 8.09. The van der Waals surface area contributed by atoms with Gasteiger partial charge in [-0.1, -0.05) is 31.2 Å². The molecule has 3 aliphatic rings. The molecule has 0 saturated carbocycles. The van der Waals surface area contributed by atoms with Gasteiger partial charge in [-0.2, -0.15) is 0 Å². The van der Waals surface area contributed by atoms with Crippen LogP contribution in [0, 0.1) is 5.92 Å². The van der Waals surface area contributed by atoms with E-state index in [9.17, 15) is 4.79 Å². The molecule has 0 bridgehead atoms. The fourth-order valence-electron chi connectivity index (χ4n) is 4.69. The van der Waals surface area contributed by atoms with E-state index in [4.69, 9.17) is 4.74 Å². The third kappa shape index (κ3) is 3.05. The van der Waals surface area contributed by atoms with E-state index in [1.807, 2.05) is 4.90 Å². The van der Waals surface area contributed by atoms with E-state index in [1.54, 1.807) is 11.3 Å². The molecule has 27 heavy (non-hydrogen) atoms. The molecule has 1 aromatic carbocycles. The third-order valence-electron chi connectivity index (χ3n) is 6.18. The highest BCUT2D eigenvalue weighted by Crippen LogP contribution is 2.42. The van der Waals surface area contributed by atoms with Gasteiger partial charge >= 0.3 is 6.03 Å². The zero-order chi connectivity index (χ0) is 18.4. The number of nitrogens with zero attached hydrogens (tertiary/aromatic N) is 2. The van der Waals surface area contributed by atoms with Crippen molar-refractivity contribution in [2.45, 2.75) is 44.6 Å². The van der Waals surface area contributed by atoms with Crippen LogP contribution in [-0.2, 0) is 29.6 Å². The van der Waals surface area contributed by atoms with Crippen molar-refractivity contribution in [3.8, 4) is 0 Å². The fraction of sp³-hybridized carbons (Fsp3) is 0.524. The summed E-state index contributed by atoms with van der Waals surface area (Å²) in [4.78, 5) is 20.8. The van der Waals surface area contributed by atoms with Gasteiger partial charge in [0.15, 0.2) is 5.13 Å². The van der Waals surface area contributed by atoms with Gasteiger partial charge in [0.25, 0.3) is 0 Å². The van der Waals surface area contributed by atoms with Crippen LogP contribution in [0.25, 0.3) is 0 Å². The summed E-state index contributed by atoms with van der Waals surface area (Å²) in [5.74, 6) is 0.711. The Morgan fingerprint density at radius 2 is 2.26 bits per heavy atom. The van der Waals surface area contributed by atoms with Crippen molar-refractivity contribution < 1.29 is 9.53 Å². The van der Waals surface area contributed by atoms with Crippen molar-refractivity contribution in [2.24, 2.45) is 5.92 Å². The number of carbonyl (C=O) groups excluding carboxylic acids is 1. The maximum atomic E-state index is 12.9. The molecule has 1 N–H and O–H groups in total. The Morgan fingerprint density at radius 1 is 1.37 bits per heavy atom. The number of aryl methyl sites for hydroxylation is 2. The number of amides is 2. The van der Waals surface area contributed by atoms with E-state index in [0.29, 0.717) is 25.6 Å². The first-order chi connectivity index (χ1) is 13.1. The van der Waals surface area contributed by atoms with Crippen LogP contribution >= 0.6 is 11.3 Å². The van der Waals surface area contributed by atoms with E-state index in [-0.39, 0.29) is 11.6 Å². The monoisotopic (exact) mass is 383 g/mol. The first-order valence-corrected chi connectivity index (χ1v) is 10.7. The number of hydrogen-bond donors (Lipinski definition) is 1. The summed E-state index contributed by atoms with van der Waals surface area (Å²) in [6.07, 6.45) is 5.26. The molecule has 1 aliphatic heterocycles. The van der Waals surface area contributed by atoms with Gasteiger partial charge in [0.2, 0.25) is 0 Å². The summed E-state index contributed by atoms with van der Waals surface area (Å²) in [5.41, 5.74) is 3.43. The minimum Gasteiger partial charge on any atom is -0.367 e. The van der Waals surface area contributed by atoms with Crippen molar-refractivity contribution in [1.29, 1.82) is 0 Å². The van der Waals surface area contributed by atoms with E-state index in [0.717, 1.165) is 30.8 Å². The lowest BCUT2D eigenvalue weighted by atomic mass is 9.93. The first-order valence-electron chi connectivity index (χ1n) is 9.90. The van der Waals surface area contributed by atoms with Gasteiger partial charge in [0.05, 0.1) is 18.8 Å². The van der Waals surface area contributed by atoms with Gasteiger partial charge in [-0.3, -0.25) is 5.32 Å². The maximum Gasteiger partial charge on any atom is 0.323 e. The molecule has 2 aromatic rings. The van der Waals surface area contributed by atoms with Crippen molar-refractivity contribution in [3.63, 3.8) is 0 Å². The largest absolute Gasteiger partial charge is 0.367 e. The van der Waals surface area contributed by atoms with Gasteiger partial charge in [0.1, 0.15) is 5.60 Å². The minimum absolute atomic E-state index is 0.0544. The molecule has 0 radical (unpaired) electrons. The SMILES string of the molecule is CC1CCc2nc(NC(=O)N3CCOC4(CCc5ccccc54)C3)sc2C1. The minimum atomic E-state index is -0.344. The number of morpholine rings is 1. The van der Waals surface area contributed by atoms with Crippen LogP contribution in [0.3, 0.4) is 0 Å². The number of rotatable bonds is 1. The molecule has 2 aliphatic carbocycles. The number of fused-ring (bicyclic) bond motifs is 3. The van der Waals surface area contributed by atoms with Gasteiger partial charge in [0, 0.05) is 11.4 Å². The lowest BCUT2D eigenvalue weighted by Gasteiger charge is -2.41. The van der Waals surface area contributed by atoms with Crippen LogP contribution in [0.2, 0.25) is 0 Å². The standard InChI is InChI=1S/C21H25N3O2S/c1-14-6-7-17-18(12-14)27-19(22-17)23-20(25)24-10-11-26-21(13-24)9-8-15-4-2-3-5-16(15)21/h2-5,14H,6-13H2,1H3,(H,22,23,25). The highest BCUT2D eigenvalue weighted by molar-refractivity contribution is 7.15. The summed E-state index contributed by atoms with van der Waals surface area (Å²) >= 11 is 1.64. The van der Waals surface area contributed by atoms with Gasteiger partial charge in [-0.15, -0.1) is 11.3 Å². The second kappa shape index (κ2) is 6.60. The molecular weight excluding hydrogens is 358 g/mol. The molecule has 5 rings (SSSR count). The number of hydrogen-bond acceptors (Lipinski definition) is 4. The molecule has 2 atom stereocenters. The first kappa shape index (κ1) is 17.2. The number of benzene rings is 1. The molecule has 5 nitrogen and oxygen atoms in total. The van der Waals surface area contributed by atoms with E-state index in [2.05, 4.69) is 41.5 Å². The molecule has 6 heteroatoms. The lowest BCUT2D eigenvalue weighted by Crippen LogP contribution is -2.52. The predicted octanol–water partition coefficient (Wildman–Crippen LogP) is 3.97. The highest BCUT2D eigenvalue weighted by Gasteiger charge is 2.44. The average Bonchev–Trinajstić information content (AvgIpc) is 3.23. The highest BCUT2D eigenvalue weighted by atomic mass is 32.1. The Balaban J connectivity index is 1.31. The summed E-state index contributed by atoms with van der Waals surface area (Å²) in [6, 6.07) is 8.42. The Bertz CT molecular complexity index is 876. The molecule has 2 unspecified atom stereocenters. The van der Waals surface area contributed by atoms with E-state index in [1.165, 1.54) is 28.1 Å². The molecular formula is C21H25N3O2S. The molecule has 1 spiro atoms. The topological polar surface area (TPSA) is 54.5 Å². The Kier molecular flexibility index (Phi) is 4.20. The lowest BCUT2D eigenvalue weighted by molar-refractivity contribution is -0.100. The average molecular weight is 384 g/mol. The molecule has 2 heterocycles. The van der Waals surface area contributed by atoms with Crippen molar-refractivity contribution >= 4 is 22.5 Å². The van der Waals surface area contributed by atoms with E-state index < -0.39 is 0 Å². The van der Waals surface area contributed by atoms with Crippen LogP contribution in [-0.4, -0.2) is 35.6 Å². The molecule has 1 saturated heterocycles. The van der Waals surface area contributed by atoms with Crippen LogP contribution < -0.4 is 5.32 Å². The maximum absolute atomic E-state index is 12.9. The van der Waals surface area contributed by atoms with Gasteiger partial charge in [-0.05, 0) is 49.1 Å². The van der Waals surface area contributed by atoms with Crippen LogP contribution in [0.4, 0.5) is 9.93 Å². The third-order valence-corrected chi connectivity index (χ3v) is 7.21. The Morgan fingerprint density at radius 3 is 3.19 bits per heavy atom. The second-order valence-corrected chi connectivity index (χ2v) is 9.17. The van der Waals surface area contributed by atoms with Crippen molar-refractivity contribution in [2.75, 3.05) is 25.0 Å². The number of ether oxygens (including phenoxy) is 1. The van der Waals surface area contributed by atoms with E-state index >= 15 is 0 Å². The van der Waals surface area contributed by atoms with Crippen LogP contribution in [0.15, 0.2) is 24.3 Å². The number of carbonyl (C=O) groups is 1. The molecule has 142 valence electrons. The number of urea groups is 1. The molecule has 1 aromatic heterocycles.